The Labute approximate surface area is 150 Å². The summed E-state index contributed by atoms with van der Waals surface area (Å²) in [5.74, 6) is 0. The van der Waals surface area contributed by atoms with Crippen LogP contribution < -0.4 is 20.3 Å². The number of fused-ring (bicyclic) bond motifs is 2. The van der Waals surface area contributed by atoms with Crippen molar-refractivity contribution in [2.75, 3.05) is 19.5 Å². The molecule has 2 aliphatic heterocycles. The van der Waals surface area contributed by atoms with Crippen LogP contribution in [0.5, 0.6) is 0 Å². The average molecular weight is 374 g/mol. The highest BCUT2D eigenvalue weighted by molar-refractivity contribution is 7.07. The van der Waals surface area contributed by atoms with Gasteiger partial charge < -0.3 is 9.80 Å². The van der Waals surface area contributed by atoms with Crippen molar-refractivity contribution in [1.29, 1.82) is 0 Å². The number of nitrogens with one attached hydrogen (secondary N) is 1. The second-order valence-electron chi connectivity index (χ2n) is 6.01. The zero-order valence-corrected chi connectivity index (χ0v) is 14.6. The molecule has 11 heteroatoms. The molecule has 0 radical (unpaired) electrons. The molecule has 134 valence electrons. The first-order valence-corrected chi connectivity index (χ1v) is 8.50. The topological polar surface area (TPSA) is 113 Å². The number of urea groups is 1. The lowest BCUT2D eigenvalue weighted by atomic mass is 10.2. The molecule has 0 spiro atoms. The number of non-ortho nitro benzene ring substituents is 1. The van der Waals surface area contributed by atoms with E-state index in [0.717, 1.165) is 11.3 Å². The fourth-order valence-electron chi connectivity index (χ4n) is 3.00. The van der Waals surface area contributed by atoms with Gasteiger partial charge >= 0.3 is 6.03 Å². The van der Waals surface area contributed by atoms with Crippen molar-refractivity contribution in [3.63, 3.8) is 0 Å². The van der Waals surface area contributed by atoms with Gasteiger partial charge in [-0.3, -0.25) is 20.3 Å². The van der Waals surface area contributed by atoms with Gasteiger partial charge in [-0.15, -0.1) is 0 Å². The molecular formula is C15H14N6O4S. The molecule has 1 fully saturated rings. The van der Waals surface area contributed by atoms with Crippen molar-refractivity contribution in [1.82, 2.24) is 14.5 Å². The van der Waals surface area contributed by atoms with Crippen molar-refractivity contribution in [2.45, 2.75) is 12.3 Å². The lowest BCUT2D eigenvalue weighted by Crippen LogP contribution is -2.54. The van der Waals surface area contributed by atoms with Crippen LogP contribution in [0.3, 0.4) is 0 Å². The first kappa shape index (κ1) is 16.3. The van der Waals surface area contributed by atoms with Crippen molar-refractivity contribution in [3.8, 4) is 0 Å². The van der Waals surface area contributed by atoms with E-state index in [4.69, 9.17) is 0 Å². The molecule has 2 atom stereocenters. The molecule has 2 amide bonds. The molecule has 0 saturated carbocycles. The van der Waals surface area contributed by atoms with Crippen LogP contribution in [0, 0.1) is 10.1 Å². The first-order valence-electron chi connectivity index (χ1n) is 7.69. The third-order valence-electron chi connectivity index (χ3n) is 4.39. The molecular weight excluding hydrogens is 360 g/mol. The van der Waals surface area contributed by atoms with Gasteiger partial charge in [-0.2, -0.15) is 4.68 Å². The normalized spacial score (nSPS) is 21.9. The van der Waals surface area contributed by atoms with Crippen molar-refractivity contribution >= 4 is 29.1 Å². The number of likely N-dealkylation sites (N-methyl/N-ethyl adjacent to an activating group) is 2. The number of carbonyl (C=O) groups is 1. The smallest absolute Gasteiger partial charge is 0.302 e. The third-order valence-corrected chi connectivity index (χ3v) is 5.37. The number of thiazole rings is 1. The number of rotatable bonds is 2. The van der Waals surface area contributed by atoms with Crippen LogP contribution in [-0.2, 0) is 0 Å². The van der Waals surface area contributed by atoms with Gasteiger partial charge in [0.1, 0.15) is 0 Å². The quantitative estimate of drug-likeness (QED) is 0.561. The van der Waals surface area contributed by atoms with Crippen LogP contribution in [0.15, 0.2) is 34.1 Å². The summed E-state index contributed by atoms with van der Waals surface area (Å²) < 4.78 is 1.71. The predicted molar refractivity (Wildman–Crippen MR) is 93.9 cm³/mol. The number of nitro benzene ring substituents is 1. The lowest BCUT2D eigenvalue weighted by molar-refractivity contribution is -0.384. The minimum atomic E-state index is -0.482. The number of benzene rings is 1. The molecule has 3 heterocycles. The van der Waals surface area contributed by atoms with E-state index in [0.29, 0.717) is 14.9 Å². The Hall–Kier alpha value is -3.21. The maximum absolute atomic E-state index is 12.7. The zero-order chi connectivity index (χ0) is 18.6. The maximum atomic E-state index is 12.7. The molecule has 10 nitrogen and oxygen atoms in total. The molecule has 1 aromatic heterocycles. The van der Waals surface area contributed by atoms with Gasteiger partial charge in [-0.1, -0.05) is 23.5 Å². The molecule has 4 rings (SSSR count). The van der Waals surface area contributed by atoms with Crippen molar-refractivity contribution < 1.29 is 9.72 Å². The van der Waals surface area contributed by atoms with E-state index in [1.165, 1.54) is 26.6 Å². The average Bonchev–Trinajstić information content (AvgIpc) is 3.04. The molecule has 2 aromatic rings. The Balaban J connectivity index is 1.81. The number of nitrogens with zero attached hydrogens (tertiary/aromatic N) is 5. The Bertz CT molecular complexity index is 1110. The molecule has 26 heavy (non-hydrogen) atoms. The summed E-state index contributed by atoms with van der Waals surface area (Å²) in [5.41, 5.74) is 3.23. The Kier molecular flexibility index (Phi) is 3.54. The summed E-state index contributed by atoms with van der Waals surface area (Å²) in [6, 6.07) is 5.88. The maximum Gasteiger partial charge on any atom is 0.323 e. The molecule has 1 saturated heterocycles. The largest absolute Gasteiger partial charge is 0.323 e. The summed E-state index contributed by atoms with van der Waals surface area (Å²) in [4.78, 5) is 43.1. The van der Waals surface area contributed by atoms with Gasteiger partial charge in [0.2, 0.25) is 4.80 Å². The van der Waals surface area contributed by atoms with Crippen molar-refractivity contribution in [2.24, 2.45) is 4.99 Å². The highest BCUT2D eigenvalue weighted by atomic mass is 32.1. The van der Waals surface area contributed by atoms with Crippen LogP contribution in [0.25, 0.3) is 6.08 Å². The first-order chi connectivity index (χ1) is 12.4. The highest BCUT2D eigenvalue weighted by Gasteiger charge is 2.44. The Morgan fingerprint density at radius 2 is 2.08 bits per heavy atom. The van der Waals surface area contributed by atoms with E-state index in [1.54, 1.807) is 32.3 Å². The van der Waals surface area contributed by atoms with Gasteiger partial charge in [0.25, 0.3) is 11.2 Å². The second kappa shape index (κ2) is 5.66. The molecule has 2 aliphatic rings. The zero-order valence-electron chi connectivity index (χ0n) is 13.8. The summed E-state index contributed by atoms with van der Waals surface area (Å²) in [7, 11) is 3.30. The van der Waals surface area contributed by atoms with E-state index in [9.17, 15) is 19.7 Å². The Morgan fingerprint density at radius 1 is 1.31 bits per heavy atom. The van der Waals surface area contributed by atoms with Gasteiger partial charge in [-0.05, 0) is 11.6 Å². The second-order valence-corrected chi connectivity index (χ2v) is 7.02. The molecule has 0 bridgehead atoms. The van der Waals surface area contributed by atoms with Crippen LogP contribution in [-0.4, -0.2) is 51.9 Å². The molecule has 1 N–H and O–H groups in total. The number of aromatic nitrogens is 1. The van der Waals surface area contributed by atoms with Crippen LogP contribution in [0.4, 0.5) is 10.5 Å². The van der Waals surface area contributed by atoms with Crippen molar-refractivity contribution in [3.05, 3.63) is 59.6 Å². The minimum absolute atomic E-state index is 0.0423. The Morgan fingerprint density at radius 3 is 2.81 bits per heavy atom. The van der Waals surface area contributed by atoms with Crippen LogP contribution in [0.2, 0.25) is 0 Å². The van der Waals surface area contributed by atoms with Gasteiger partial charge in [0.15, 0.2) is 12.3 Å². The van der Waals surface area contributed by atoms with E-state index >= 15 is 0 Å². The third kappa shape index (κ3) is 2.36. The standard InChI is InChI=1S/C15H14N6O4S/c1-18-11-12(19(2)15(18)23)17-20-13(22)10(26-14(20)16-11)7-8-4-3-5-9(6-8)21(24)25/h3-7,11-12,17H,1-2H3/b10-7-. The molecule has 2 unspecified atom stereocenters. The number of hydrogen-bond acceptors (Lipinski definition) is 7. The fourth-order valence-corrected chi connectivity index (χ4v) is 3.96. The summed E-state index contributed by atoms with van der Waals surface area (Å²) in [6.07, 6.45) is 0.742. The van der Waals surface area contributed by atoms with E-state index < -0.39 is 17.3 Å². The van der Waals surface area contributed by atoms with Gasteiger partial charge in [-0.25, -0.2) is 9.79 Å². The number of nitro groups is 1. The summed E-state index contributed by atoms with van der Waals surface area (Å²) in [5, 5.41) is 10.9. The lowest BCUT2D eigenvalue weighted by Gasteiger charge is -2.26. The fraction of sp³-hybridized carbons (Fsp3) is 0.267. The van der Waals surface area contributed by atoms with E-state index in [1.807, 2.05) is 0 Å². The predicted octanol–water partition coefficient (Wildman–Crippen LogP) is -0.527. The number of carbonyl (C=O) groups excluding carboxylic acids is 1. The minimum Gasteiger partial charge on any atom is -0.302 e. The molecule has 1 aromatic carbocycles. The van der Waals surface area contributed by atoms with Crippen LogP contribution >= 0.6 is 11.3 Å². The monoisotopic (exact) mass is 374 g/mol. The number of amides is 2. The SMILES string of the molecule is CN1C(=O)N(C)C2Nn3c(s/c(=C\c4cccc([N+](=O)[O-])c4)c3=O)=NC21. The van der Waals surface area contributed by atoms with Gasteiger partial charge in [0, 0.05) is 26.2 Å². The highest BCUT2D eigenvalue weighted by Crippen LogP contribution is 2.20. The van der Waals surface area contributed by atoms with E-state index in [-0.39, 0.29) is 17.3 Å². The summed E-state index contributed by atoms with van der Waals surface area (Å²) >= 11 is 1.16. The summed E-state index contributed by atoms with van der Waals surface area (Å²) in [6.45, 7) is 0. The molecule has 0 aliphatic carbocycles. The van der Waals surface area contributed by atoms with E-state index in [2.05, 4.69) is 10.4 Å². The van der Waals surface area contributed by atoms with Crippen LogP contribution in [0.1, 0.15) is 5.56 Å². The number of hydrogen-bond donors (Lipinski definition) is 1. The van der Waals surface area contributed by atoms with Gasteiger partial charge in [0.05, 0.1) is 9.46 Å².